The van der Waals surface area contributed by atoms with Gasteiger partial charge in [-0.15, -0.1) is 0 Å². The van der Waals surface area contributed by atoms with Gasteiger partial charge in [-0.25, -0.2) is 0 Å². The Labute approximate surface area is 133 Å². The summed E-state index contributed by atoms with van der Waals surface area (Å²) in [6.07, 6.45) is 0. The van der Waals surface area contributed by atoms with Crippen molar-refractivity contribution < 1.29 is 14.0 Å². The minimum absolute atomic E-state index is 0.235. The molecule has 120 valence electrons. The molecule has 1 heterocycles. The van der Waals surface area contributed by atoms with Crippen molar-refractivity contribution in [2.75, 3.05) is 7.11 Å². The van der Waals surface area contributed by atoms with Gasteiger partial charge < -0.3 is 14.0 Å². The summed E-state index contributed by atoms with van der Waals surface area (Å²) in [6, 6.07) is 8.01. The smallest absolute Gasteiger partial charge is 0.484 e. The van der Waals surface area contributed by atoms with E-state index in [1.165, 1.54) is 7.11 Å². The van der Waals surface area contributed by atoms with E-state index in [1.54, 1.807) is 0 Å². The van der Waals surface area contributed by atoms with Crippen molar-refractivity contribution in [3.8, 4) is 0 Å². The van der Waals surface area contributed by atoms with Crippen molar-refractivity contribution in [3.05, 3.63) is 29.8 Å². The first-order valence-electron chi connectivity index (χ1n) is 7.60. The lowest BCUT2D eigenvalue weighted by Gasteiger charge is -2.32. The summed E-state index contributed by atoms with van der Waals surface area (Å²) in [4.78, 5) is 0. The average molecular weight is 303 g/mol. The third-order valence-corrected chi connectivity index (χ3v) is 4.91. The molecule has 0 atom stereocenters. The van der Waals surface area contributed by atoms with Gasteiger partial charge in [0.2, 0.25) is 0 Å². The Morgan fingerprint density at radius 1 is 1.14 bits per heavy atom. The Morgan fingerprint density at radius 2 is 1.68 bits per heavy atom. The molecule has 1 aromatic carbocycles. The molecular weight excluding hydrogens is 277 g/mol. The summed E-state index contributed by atoms with van der Waals surface area (Å²) in [5.74, 6) is 0.235. The van der Waals surface area contributed by atoms with Gasteiger partial charge in [-0.3, -0.25) is 5.41 Å². The molecule has 1 aliphatic heterocycles. The van der Waals surface area contributed by atoms with Crippen LogP contribution in [0.1, 0.15) is 47.1 Å². The Hall–Kier alpha value is -1.33. The van der Waals surface area contributed by atoms with Crippen LogP contribution in [0.2, 0.25) is 0 Å². The molecule has 5 heteroatoms. The number of benzene rings is 1. The van der Waals surface area contributed by atoms with Crippen LogP contribution in [0.5, 0.6) is 0 Å². The molecule has 1 saturated heterocycles. The van der Waals surface area contributed by atoms with E-state index in [9.17, 15) is 0 Å². The fraction of sp³-hybridized carbons (Fsp3) is 0.588. The van der Waals surface area contributed by atoms with E-state index in [0.29, 0.717) is 0 Å². The second-order valence-corrected chi connectivity index (χ2v) is 7.37. The van der Waals surface area contributed by atoms with E-state index >= 15 is 0 Å². The molecule has 1 aliphatic rings. The van der Waals surface area contributed by atoms with Gasteiger partial charge in [-0.2, -0.15) is 0 Å². The number of methoxy groups -OCH3 is 1. The molecule has 0 aromatic heterocycles. The Balaban J connectivity index is 2.33. The first-order chi connectivity index (χ1) is 10.0. The van der Waals surface area contributed by atoms with Crippen molar-refractivity contribution in [2.45, 2.75) is 58.2 Å². The highest BCUT2D eigenvalue weighted by Crippen LogP contribution is 2.36. The largest absolute Gasteiger partial charge is 0.494 e. The van der Waals surface area contributed by atoms with Gasteiger partial charge >= 0.3 is 7.12 Å². The predicted molar refractivity (Wildman–Crippen MR) is 89.9 cm³/mol. The van der Waals surface area contributed by atoms with Crippen molar-refractivity contribution in [3.63, 3.8) is 0 Å². The maximum Gasteiger partial charge on any atom is 0.494 e. The van der Waals surface area contributed by atoms with Gasteiger partial charge in [-0.05, 0) is 52.6 Å². The normalized spacial score (nSPS) is 20.0. The molecule has 0 bridgehead atoms. The van der Waals surface area contributed by atoms with E-state index in [4.69, 9.17) is 19.5 Å². The predicted octanol–water partition coefficient (Wildman–Crippen LogP) is 2.89. The Bertz CT molecular complexity index is 565. The zero-order chi connectivity index (χ0) is 16.8. The molecule has 1 aromatic rings. The van der Waals surface area contributed by atoms with Gasteiger partial charge in [0.05, 0.1) is 23.7 Å². The fourth-order valence-corrected chi connectivity index (χ4v) is 2.44. The quantitative estimate of drug-likeness (QED) is 0.531. The number of hydrogen-bond acceptors (Lipinski definition) is 4. The molecule has 0 spiro atoms. The van der Waals surface area contributed by atoms with Crippen LogP contribution in [0.25, 0.3) is 0 Å². The number of ether oxygens (including phenoxy) is 1. The van der Waals surface area contributed by atoms with E-state index in [-0.39, 0.29) is 17.1 Å². The number of rotatable bonds is 3. The lowest BCUT2D eigenvalue weighted by Crippen LogP contribution is -2.41. The zero-order valence-electron chi connectivity index (χ0n) is 14.6. The van der Waals surface area contributed by atoms with E-state index in [2.05, 4.69) is 0 Å². The van der Waals surface area contributed by atoms with Crippen LogP contribution in [0.3, 0.4) is 0 Å². The summed E-state index contributed by atoms with van der Waals surface area (Å²) in [7, 11) is 1.14. The average Bonchev–Trinajstić information content (AvgIpc) is 2.66. The minimum atomic E-state index is -0.492. The monoisotopic (exact) mass is 303 g/mol. The minimum Gasteiger partial charge on any atom is -0.484 e. The summed E-state index contributed by atoms with van der Waals surface area (Å²) in [6.45, 7) is 12.1. The molecule has 0 amide bonds. The van der Waals surface area contributed by atoms with Crippen LogP contribution in [-0.2, 0) is 19.5 Å². The van der Waals surface area contributed by atoms with Crippen molar-refractivity contribution in [1.29, 1.82) is 5.41 Å². The van der Waals surface area contributed by atoms with Crippen molar-refractivity contribution in [1.82, 2.24) is 0 Å². The topological polar surface area (TPSA) is 51.5 Å². The Morgan fingerprint density at radius 3 is 2.18 bits per heavy atom. The summed E-state index contributed by atoms with van der Waals surface area (Å²) < 4.78 is 17.3. The molecule has 22 heavy (non-hydrogen) atoms. The maximum atomic E-state index is 8.00. The molecule has 1 N–H and O–H groups in total. The molecule has 4 nitrogen and oxygen atoms in total. The van der Waals surface area contributed by atoms with Crippen LogP contribution in [0.4, 0.5) is 0 Å². The van der Waals surface area contributed by atoms with Gasteiger partial charge in [0.1, 0.15) is 0 Å². The fourth-order valence-electron chi connectivity index (χ4n) is 2.44. The van der Waals surface area contributed by atoms with Crippen molar-refractivity contribution >= 4 is 18.5 Å². The van der Waals surface area contributed by atoms with Gasteiger partial charge in [0, 0.05) is 0 Å². The SMILES string of the molecule is COC(=N)C(C)(C)c1cccc(B2OC(C)(C)C(C)(C)O2)c1. The van der Waals surface area contributed by atoms with Crippen molar-refractivity contribution in [2.24, 2.45) is 0 Å². The second-order valence-electron chi connectivity index (χ2n) is 7.37. The molecule has 0 unspecified atom stereocenters. The van der Waals surface area contributed by atoms with Crippen LogP contribution < -0.4 is 5.46 Å². The third-order valence-electron chi connectivity index (χ3n) is 4.91. The highest BCUT2D eigenvalue weighted by Gasteiger charge is 2.51. The first kappa shape index (κ1) is 17.0. The number of nitrogens with one attached hydrogen (secondary N) is 1. The molecule has 0 radical (unpaired) electrons. The molecule has 0 aliphatic carbocycles. The summed E-state index contributed by atoms with van der Waals surface area (Å²) in [5.41, 5.74) is 0.763. The van der Waals surface area contributed by atoms with Crippen LogP contribution in [-0.4, -0.2) is 31.3 Å². The highest BCUT2D eigenvalue weighted by atomic mass is 16.7. The van der Waals surface area contributed by atoms with E-state index in [0.717, 1.165) is 11.0 Å². The van der Waals surface area contributed by atoms with Crippen LogP contribution in [0, 0.1) is 5.41 Å². The van der Waals surface area contributed by atoms with Gasteiger partial charge in [-0.1, -0.05) is 24.3 Å². The number of hydrogen-bond donors (Lipinski definition) is 1. The lowest BCUT2D eigenvalue weighted by atomic mass is 9.75. The first-order valence-corrected chi connectivity index (χ1v) is 7.60. The van der Waals surface area contributed by atoms with Crippen LogP contribution in [0.15, 0.2) is 24.3 Å². The third kappa shape index (κ3) is 2.80. The van der Waals surface area contributed by atoms with Gasteiger partial charge in [0.15, 0.2) is 5.90 Å². The lowest BCUT2D eigenvalue weighted by molar-refractivity contribution is 0.00578. The van der Waals surface area contributed by atoms with E-state index in [1.807, 2.05) is 65.8 Å². The molecule has 1 fully saturated rings. The maximum absolute atomic E-state index is 8.00. The zero-order valence-corrected chi connectivity index (χ0v) is 14.6. The molecule has 0 saturated carbocycles. The van der Waals surface area contributed by atoms with Crippen LogP contribution >= 0.6 is 0 Å². The van der Waals surface area contributed by atoms with E-state index < -0.39 is 12.5 Å². The standard InChI is InChI=1S/C17H26BNO3/c1-15(2,14(19)20-7)12-9-8-10-13(11-12)18-21-16(3,4)17(5,6)22-18/h8-11,19H,1-7H3. The van der Waals surface area contributed by atoms with Gasteiger partial charge in [0.25, 0.3) is 0 Å². The Kier molecular flexibility index (Phi) is 4.17. The molecular formula is C17H26BNO3. The second kappa shape index (κ2) is 5.39. The summed E-state index contributed by atoms with van der Waals surface area (Å²) >= 11 is 0. The molecule has 2 rings (SSSR count). The summed E-state index contributed by atoms with van der Waals surface area (Å²) in [5, 5.41) is 8.00. The highest BCUT2D eigenvalue weighted by molar-refractivity contribution is 6.62.